The molecule has 0 saturated heterocycles. The highest BCUT2D eigenvalue weighted by Gasteiger charge is 2.02. The molecule has 0 atom stereocenters. The highest BCUT2D eigenvalue weighted by atomic mass is 19.1. The lowest BCUT2D eigenvalue weighted by Crippen LogP contribution is -1.96. The second-order valence-electron chi connectivity index (χ2n) is 2.93. The molecule has 0 bridgehead atoms. The molecule has 0 aliphatic heterocycles. The lowest BCUT2D eigenvalue weighted by Gasteiger charge is -2.01. The number of aryl methyl sites for hydroxylation is 1. The van der Waals surface area contributed by atoms with Crippen molar-refractivity contribution in [3.05, 3.63) is 29.1 Å². The number of carbonyl (C=O) groups is 1. The van der Waals surface area contributed by atoms with E-state index < -0.39 is 11.8 Å². The zero-order valence-corrected chi connectivity index (χ0v) is 8.43. The third-order valence-electron chi connectivity index (χ3n) is 1.83. The molecule has 0 saturated carbocycles. The van der Waals surface area contributed by atoms with E-state index in [1.165, 1.54) is 19.2 Å². The van der Waals surface area contributed by atoms with Crippen LogP contribution in [-0.2, 0) is 9.53 Å². The number of halogens is 1. The molecule has 0 aliphatic carbocycles. The minimum Gasteiger partial charge on any atom is -0.459 e. The van der Waals surface area contributed by atoms with Crippen molar-refractivity contribution in [2.75, 3.05) is 12.8 Å². The number of rotatable bonds is 0. The molecule has 0 radical (unpaired) electrons. The average Bonchev–Trinajstić information content (AvgIpc) is 2.21. The second-order valence-corrected chi connectivity index (χ2v) is 2.93. The van der Waals surface area contributed by atoms with E-state index in [4.69, 9.17) is 5.73 Å². The van der Waals surface area contributed by atoms with Gasteiger partial charge in [0.25, 0.3) is 0 Å². The summed E-state index contributed by atoms with van der Waals surface area (Å²) in [5.74, 6) is 3.52. The van der Waals surface area contributed by atoms with E-state index in [2.05, 4.69) is 16.6 Å². The first-order valence-electron chi connectivity index (χ1n) is 4.20. The van der Waals surface area contributed by atoms with Crippen molar-refractivity contribution in [3.8, 4) is 11.8 Å². The standard InChI is InChI=1S/C11H10FNO2/c1-7-5-10(13)9(12)6-8(7)3-4-11(14)15-2/h5-6H,13H2,1-2H3. The average molecular weight is 207 g/mol. The maximum Gasteiger partial charge on any atom is 0.384 e. The Labute approximate surface area is 87.0 Å². The first kappa shape index (κ1) is 11.1. The van der Waals surface area contributed by atoms with Crippen LogP contribution < -0.4 is 5.73 Å². The van der Waals surface area contributed by atoms with E-state index in [1.54, 1.807) is 6.92 Å². The maximum absolute atomic E-state index is 13.1. The van der Waals surface area contributed by atoms with E-state index in [0.29, 0.717) is 11.1 Å². The minimum absolute atomic E-state index is 0.0659. The lowest BCUT2D eigenvalue weighted by molar-refractivity contribution is -0.133. The zero-order valence-electron chi connectivity index (χ0n) is 8.43. The minimum atomic E-state index is -0.661. The lowest BCUT2D eigenvalue weighted by atomic mass is 10.1. The van der Waals surface area contributed by atoms with Crippen LogP contribution in [0, 0.1) is 24.6 Å². The van der Waals surface area contributed by atoms with Crippen LogP contribution in [-0.4, -0.2) is 13.1 Å². The molecule has 1 aromatic rings. The van der Waals surface area contributed by atoms with Gasteiger partial charge in [0.2, 0.25) is 0 Å². The van der Waals surface area contributed by atoms with Crippen LogP contribution in [0.3, 0.4) is 0 Å². The summed E-state index contributed by atoms with van der Waals surface area (Å²) in [5.41, 5.74) is 6.56. The van der Waals surface area contributed by atoms with Crippen LogP contribution in [0.15, 0.2) is 12.1 Å². The van der Waals surface area contributed by atoms with Gasteiger partial charge in [0, 0.05) is 11.5 Å². The number of nitrogens with two attached hydrogens (primary N) is 1. The molecule has 0 aliphatic rings. The quantitative estimate of drug-likeness (QED) is 0.395. The van der Waals surface area contributed by atoms with Gasteiger partial charge in [-0.05, 0) is 24.6 Å². The van der Waals surface area contributed by atoms with Crippen molar-refractivity contribution in [2.45, 2.75) is 6.92 Å². The normalized spacial score (nSPS) is 9.00. The number of ether oxygens (including phenoxy) is 1. The number of hydrogen-bond donors (Lipinski definition) is 1. The molecular formula is C11H10FNO2. The van der Waals surface area contributed by atoms with E-state index >= 15 is 0 Å². The summed E-state index contributed by atoms with van der Waals surface area (Å²) < 4.78 is 17.4. The van der Waals surface area contributed by atoms with Crippen molar-refractivity contribution < 1.29 is 13.9 Å². The molecule has 0 amide bonds. The molecule has 0 unspecified atom stereocenters. The summed E-state index contributed by atoms with van der Waals surface area (Å²) in [6.07, 6.45) is 0. The van der Waals surface area contributed by atoms with Gasteiger partial charge >= 0.3 is 5.97 Å². The number of carbonyl (C=O) groups excluding carboxylic acids is 1. The van der Waals surface area contributed by atoms with Gasteiger partial charge in [-0.3, -0.25) is 0 Å². The first-order chi connectivity index (χ1) is 7.04. The predicted molar refractivity (Wildman–Crippen MR) is 54.4 cm³/mol. The summed E-state index contributed by atoms with van der Waals surface area (Å²) in [6.45, 7) is 1.73. The molecule has 0 fully saturated rings. The van der Waals surface area contributed by atoms with Crippen LogP contribution in [0.25, 0.3) is 0 Å². The fourth-order valence-corrected chi connectivity index (χ4v) is 1.01. The van der Waals surface area contributed by atoms with Crippen molar-refractivity contribution in [2.24, 2.45) is 0 Å². The van der Waals surface area contributed by atoms with Crippen LogP contribution >= 0.6 is 0 Å². The van der Waals surface area contributed by atoms with E-state index in [1.807, 2.05) is 0 Å². The maximum atomic E-state index is 13.1. The largest absolute Gasteiger partial charge is 0.459 e. The number of methoxy groups -OCH3 is 1. The SMILES string of the molecule is COC(=O)C#Cc1cc(F)c(N)cc1C. The van der Waals surface area contributed by atoms with Gasteiger partial charge in [0.05, 0.1) is 12.8 Å². The van der Waals surface area contributed by atoms with Gasteiger partial charge in [0.1, 0.15) is 5.82 Å². The van der Waals surface area contributed by atoms with Gasteiger partial charge < -0.3 is 10.5 Å². The molecule has 3 nitrogen and oxygen atoms in total. The third kappa shape index (κ3) is 2.71. The molecule has 1 aromatic carbocycles. The Balaban J connectivity index is 3.09. The Morgan fingerprint density at radius 2 is 2.20 bits per heavy atom. The molecule has 4 heteroatoms. The number of anilines is 1. The molecule has 78 valence electrons. The predicted octanol–water partition coefficient (Wildman–Crippen LogP) is 1.24. The molecule has 2 N–H and O–H groups in total. The second kappa shape index (κ2) is 4.47. The highest BCUT2D eigenvalue weighted by molar-refractivity contribution is 5.89. The van der Waals surface area contributed by atoms with Gasteiger partial charge in [-0.2, -0.15) is 0 Å². The molecular weight excluding hydrogens is 197 g/mol. The van der Waals surface area contributed by atoms with Gasteiger partial charge in [0.15, 0.2) is 0 Å². The van der Waals surface area contributed by atoms with Gasteiger partial charge in [-0.15, -0.1) is 0 Å². The first-order valence-corrected chi connectivity index (χ1v) is 4.20. The third-order valence-corrected chi connectivity index (χ3v) is 1.83. The summed E-state index contributed by atoms with van der Waals surface area (Å²) in [4.78, 5) is 10.7. The van der Waals surface area contributed by atoms with Crippen molar-refractivity contribution in [1.29, 1.82) is 0 Å². The Bertz CT molecular complexity index is 458. The topological polar surface area (TPSA) is 52.3 Å². The smallest absolute Gasteiger partial charge is 0.384 e. The Kier molecular flexibility index (Phi) is 3.29. The Morgan fingerprint density at radius 3 is 2.80 bits per heavy atom. The number of nitrogen functional groups attached to an aromatic ring is 1. The van der Waals surface area contributed by atoms with Crippen molar-refractivity contribution >= 4 is 11.7 Å². The number of benzene rings is 1. The molecule has 1 rings (SSSR count). The number of esters is 1. The number of hydrogen-bond acceptors (Lipinski definition) is 3. The fraction of sp³-hybridized carbons (Fsp3) is 0.182. The fourth-order valence-electron chi connectivity index (χ4n) is 1.01. The summed E-state index contributed by atoms with van der Waals surface area (Å²) >= 11 is 0. The Morgan fingerprint density at radius 1 is 1.53 bits per heavy atom. The monoisotopic (exact) mass is 207 g/mol. The van der Waals surface area contributed by atoms with Gasteiger partial charge in [-0.25, -0.2) is 9.18 Å². The summed E-state index contributed by atoms with van der Waals surface area (Å²) in [5, 5.41) is 0. The van der Waals surface area contributed by atoms with E-state index in [0.717, 1.165) is 0 Å². The van der Waals surface area contributed by atoms with Gasteiger partial charge in [-0.1, -0.05) is 5.92 Å². The van der Waals surface area contributed by atoms with Crippen LogP contribution in [0.2, 0.25) is 0 Å². The van der Waals surface area contributed by atoms with Crippen molar-refractivity contribution in [3.63, 3.8) is 0 Å². The van der Waals surface area contributed by atoms with Crippen LogP contribution in [0.5, 0.6) is 0 Å². The zero-order chi connectivity index (χ0) is 11.4. The molecule has 0 aromatic heterocycles. The summed E-state index contributed by atoms with van der Waals surface area (Å²) in [6, 6.07) is 2.66. The van der Waals surface area contributed by atoms with Crippen LogP contribution in [0.4, 0.5) is 10.1 Å². The molecule has 0 spiro atoms. The van der Waals surface area contributed by atoms with E-state index in [-0.39, 0.29) is 5.69 Å². The van der Waals surface area contributed by atoms with Crippen molar-refractivity contribution in [1.82, 2.24) is 0 Å². The highest BCUT2D eigenvalue weighted by Crippen LogP contribution is 2.15. The molecule has 0 heterocycles. The summed E-state index contributed by atoms with van der Waals surface area (Å²) in [7, 11) is 1.23. The van der Waals surface area contributed by atoms with Crippen LogP contribution in [0.1, 0.15) is 11.1 Å². The Hall–Kier alpha value is -2.02. The molecule has 15 heavy (non-hydrogen) atoms. The van der Waals surface area contributed by atoms with E-state index in [9.17, 15) is 9.18 Å².